The molecule has 0 radical (unpaired) electrons. The summed E-state index contributed by atoms with van der Waals surface area (Å²) in [5.74, 6) is 0.630. The third kappa shape index (κ3) is 5.46. The van der Waals surface area contributed by atoms with E-state index >= 15 is 0 Å². The number of carbonyl (C=O) groups is 1. The molecule has 1 aromatic carbocycles. The predicted octanol–water partition coefficient (Wildman–Crippen LogP) is 2.87. The molecule has 1 amide bonds. The van der Waals surface area contributed by atoms with Crippen molar-refractivity contribution in [3.8, 4) is 0 Å². The Morgan fingerprint density at radius 1 is 1.31 bits per heavy atom. The average Bonchev–Trinajstić information content (AvgIpc) is 3.41. The van der Waals surface area contributed by atoms with Crippen LogP contribution in [0.1, 0.15) is 59.4 Å². The quantitative estimate of drug-likeness (QED) is 0.474. The van der Waals surface area contributed by atoms with Crippen LogP contribution in [0.4, 0.5) is 11.5 Å². The van der Waals surface area contributed by atoms with Crippen molar-refractivity contribution in [3.63, 3.8) is 0 Å². The number of fused-ring (bicyclic) bond motifs is 1. The number of anilines is 2. The summed E-state index contributed by atoms with van der Waals surface area (Å²) in [6, 6.07) is 6.87. The average molecular weight is 514 g/mol. The minimum absolute atomic E-state index is 0.153. The zero-order chi connectivity index (χ0) is 26.2. The summed E-state index contributed by atoms with van der Waals surface area (Å²) in [5, 5.41) is 4.78. The maximum absolute atomic E-state index is 13.6. The second-order valence-electron chi connectivity index (χ2n) is 9.76. The molecule has 3 heterocycles. The van der Waals surface area contributed by atoms with Crippen LogP contribution in [-0.4, -0.2) is 66.3 Å². The molecular weight excluding hydrogens is 478 g/mol. The fourth-order valence-corrected chi connectivity index (χ4v) is 5.33. The molecule has 2 aromatic heterocycles. The number of amides is 1. The first kappa shape index (κ1) is 25.9. The summed E-state index contributed by atoms with van der Waals surface area (Å²) >= 11 is 0. The number of hydrogen-bond acceptors (Lipinski definition) is 7. The summed E-state index contributed by atoms with van der Waals surface area (Å²) in [7, 11) is -1.82. The highest BCUT2D eigenvalue weighted by molar-refractivity contribution is 7.92. The number of nitrogens with one attached hydrogen (secondary N) is 1. The van der Waals surface area contributed by atoms with Crippen molar-refractivity contribution in [1.29, 1.82) is 0 Å². The number of nitrogens with zero attached hydrogens (tertiary/aromatic N) is 5. The third-order valence-electron chi connectivity index (χ3n) is 6.54. The van der Waals surface area contributed by atoms with Gasteiger partial charge in [0.2, 0.25) is 10.0 Å². The van der Waals surface area contributed by atoms with Gasteiger partial charge < -0.3 is 15.5 Å². The molecule has 194 valence electrons. The highest BCUT2D eigenvalue weighted by atomic mass is 32.2. The fourth-order valence-electron chi connectivity index (χ4n) is 4.75. The van der Waals surface area contributed by atoms with Crippen molar-refractivity contribution >= 4 is 33.1 Å². The molecular formula is C25H35N7O3S. The summed E-state index contributed by atoms with van der Waals surface area (Å²) in [6.07, 6.45) is 5.50. The first-order valence-electron chi connectivity index (χ1n) is 12.2. The lowest BCUT2D eigenvalue weighted by molar-refractivity contribution is 0.0719. The molecule has 0 unspecified atom stereocenters. The van der Waals surface area contributed by atoms with Gasteiger partial charge in [-0.1, -0.05) is 25.0 Å². The highest BCUT2D eigenvalue weighted by Crippen LogP contribution is 2.30. The van der Waals surface area contributed by atoms with Crippen LogP contribution in [0.3, 0.4) is 0 Å². The van der Waals surface area contributed by atoms with E-state index in [1.807, 2.05) is 26.1 Å². The van der Waals surface area contributed by atoms with Crippen LogP contribution in [0.25, 0.3) is 5.65 Å². The summed E-state index contributed by atoms with van der Waals surface area (Å²) < 4.78 is 28.0. The summed E-state index contributed by atoms with van der Waals surface area (Å²) in [5.41, 5.74) is 9.98. The van der Waals surface area contributed by atoms with E-state index in [2.05, 4.69) is 16.5 Å². The van der Waals surface area contributed by atoms with Gasteiger partial charge in [-0.15, -0.1) is 0 Å². The first-order valence-corrected chi connectivity index (χ1v) is 14.1. The molecule has 10 nitrogen and oxygen atoms in total. The zero-order valence-electron chi connectivity index (χ0n) is 21.5. The molecule has 1 saturated heterocycles. The van der Waals surface area contributed by atoms with Crippen LogP contribution in [-0.2, 0) is 10.0 Å². The van der Waals surface area contributed by atoms with Crippen LogP contribution < -0.4 is 15.4 Å². The van der Waals surface area contributed by atoms with Crippen molar-refractivity contribution in [2.45, 2.75) is 52.1 Å². The number of benzene rings is 1. The van der Waals surface area contributed by atoms with Gasteiger partial charge in [-0.3, -0.25) is 9.52 Å². The van der Waals surface area contributed by atoms with Crippen LogP contribution in [0.5, 0.6) is 0 Å². The first-order chi connectivity index (χ1) is 17.0. The molecule has 1 fully saturated rings. The summed E-state index contributed by atoms with van der Waals surface area (Å²) in [6.45, 7) is 7.59. The molecule has 0 spiro atoms. The van der Waals surface area contributed by atoms with Gasteiger partial charge in [-0.2, -0.15) is 5.10 Å². The Hall–Kier alpha value is -3.18. The van der Waals surface area contributed by atoms with E-state index < -0.39 is 10.0 Å². The maximum atomic E-state index is 13.6. The third-order valence-corrected chi connectivity index (χ3v) is 7.13. The molecule has 3 aromatic rings. The Labute approximate surface area is 212 Å². The van der Waals surface area contributed by atoms with Gasteiger partial charge in [0.15, 0.2) is 5.65 Å². The number of sulfonamides is 1. The van der Waals surface area contributed by atoms with E-state index in [1.54, 1.807) is 34.7 Å². The predicted molar refractivity (Wildman–Crippen MR) is 142 cm³/mol. The zero-order valence-corrected chi connectivity index (χ0v) is 22.3. The minimum atomic E-state index is -3.55. The van der Waals surface area contributed by atoms with Crippen molar-refractivity contribution in [3.05, 3.63) is 52.8 Å². The van der Waals surface area contributed by atoms with Crippen molar-refractivity contribution in [2.75, 3.05) is 36.0 Å². The largest absolute Gasteiger partial charge is 0.355 e. The van der Waals surface area contributed by atoms with Crippen LogP contribution >= 0.6 is 0 Å². The lowest BCUT2D eigenvalue weighted by Gasteiger charge is -2.27. The second kappa shape index (κ2) is 10.1. The Kier molecular flexibility index (Phi) is 7.24. The molecule has 3 N–H and O–H groups in total. The normalized spacial score (nSPS) is 16.9. The number of hydrogen-bond donors (Lipinski definition) is 2. The Morgan fingerprint density at radius 2 is 2.06 bits per heavy atom. The highest BCUT2D eigenvalue weighted by Gasteiger charge is 2.28. The monoisotopic (exact) mass is 513 g/mol. The SMILES string of the molecule is CCC[C@@H](c1cc2nc(N3CC[C@H](N)C3)c(C)cn2n1)N(C)C(=O)c1cc(C)ccc1NS(C)(=O)=O. The van der Waals surface area contributed by atoms with Crippen LogP contribution in [0.2, 0.25) is 0 Å². The van der Waals surface area contributed by atoms with Gasteiger partial charge in [0, 0.05) is 44.0 Å². The van der Waals surface area contributed by atoms with E-state index in [1.165, 1.54) is 0 Å². The minimum Gasteiger partial charge on any atom is -0.355 e. The van der Waals surface area contributed by atoms with E-state index in [-0.39, 0.29) is 23.7 Å². The van der Waals surface area contributed by atoms with E-state index in [4.69, 9.17) is 15.8 Å². The Bertz CT molecular complexity index is 1390. The van der Waals surface area contributed by atoms with E-state index in [0.29, 0.717) is 17.6 Å². The number of aromatic nitrogens is 3. The molecule has 0 aliphatic carbocycles. The lowest BCUT2D eigenvalue weighted by atomic mass is 10.0. The molecule has 11 heteroatoms. The van der Waals surface area contributed by atoms with Crippen molar-refractivity contribution < 1.29 is 13.2 Å². The number of carbonyl (C=O) groups excluding carboxylic acids is 1. The van der Waals surface area contributed by atoms with Gasteiger partial charge in [-0.05, 0) is 38.8 Å². The fraction of sp³-hybridized carbons (Fsp3) is 0.480. The molecule has 4 rings (SSSR count). The van der Waals surface area contributed by atoms with E-state index in [0.717, 1.165) is 54.8 Å². The standard InChI is InChI=1S/C25H35N7O3S/c1-6-7-22(30(4)25(33)19-12-16(2)8-9-20(19)29-36(5,34)35)21-13-23-27-24(17(3)14-32(23)28-21)31-11-10-18(26)15-31/h8-9,12-14,18,22,29H,6-7,10-11,15,26H2,1-5H3/t18-,22-/m0/s1. The van der Waals surface area contributed by atoms with Crippen molar-refractivity contribution in [1.82, 2.24) is 19.5 Å². The van der Waals surface area contributed by atoms with Gasteiger partial charge in [0.25, 0.3) is 5.91 Å². The van der Waals surface area contributed by atoms with Crippen LogP contribution in [0.15, 0.2) is 30.5 Å². The smallest absolute Gasteiger partial charge is 0.256 e. The van der Waals surface area contributed by atoms with Gasteiger partial charge in [-0.25, -0.2) is 17.9 Å². The van der Waals surface area contributed by atoms with Gasteiger partial charge in [0.1, 0.15) is 5.82 Å². The number of rotatable bonds is 8. The summed E-state index contributed by atoms with van der Waals surface area (Å²) in [4.78, 5) is 22.4. The van der Waals surface area contributed by atoms with Gasteiger partial charge in [0.05, 0.1) is 29.2 Å². The molecule has 1 aliphatic heterocycles. The second-order valence-corrected chi connectivity index (χ2v) is 11.5. The molecule has 2 atom stereocenters. The molecule has 0 saturated carbocycles. The topological polar surface area (TPSA) is 126 Å². The van der Waals surface area contributed by atoms with Crippen molar-refractivity contribution in [2.24, 2.45) is 5.73 Å². The Morgan fingerprint density at radius 3 is 2.69 bits per heavy atom. The molecule has 1 aliphatic rings. The Balaban J connectivity index is 1.68. The van der Waals surface area contributed by atoms with Crippen LogP contribution in [0, 0.1) is 13.8 Å². The maximum Gasteiger partial charge on any atom is 0.256 e. The number of aryl methyl sites for hydroxylation is 2. The molecule has 36 heavy (non-hydrogen) atoms. The molecule has 0 bridgehead atoms. The lowest BCUT2D eigenvalue weighted by Crippen LogP contribution is -2.32. The number of nitrogens with two attached hydrogens (primary N) is 1. The van der Waals surface area contributed by atoms with Gasteiger partial charge >= 0.3 is 0 Å². The van der Waals surface area contributed by atoms with E-state index in [9.17, 15) is 13.2 Å².